The smallest absolute Gasteiger partial charge is 0.122 e. The van der Waals surface area contributed by atoms with Crippen LogP contribution in [0.25, 0.3) is 0 Å². The van der Waals surface area contributed by atoms with Gasteiger partial charge < -0.3 is 10.5 Å². The van der Waals surface area contributed by atoms with E-state index < -0.39 is 0 Å². The Hall–Kier alpha value is -1.03. The van der Waals surface area contributed by atoms with Crippen LogP contribution in [0.15, 0.2) is 40.9 Å². The van der Waals surface area contributed by atoms with Crippen LogP contribution >= 0.6 is 27.5 Å². The molecule has 0 aromatic heterocycles. The van der Waals surface area contributed by atoms with Gasteiger partial charge in [0.05, 0.1) is 12.6 Å². The Morgan fingerprint density at radius 1 is 1.21 bits per heavy atom. The maximum atomic E-state index is 6.35. The zero-order valence-electron chi connectivity index (χ0n) is 10.2. The average Bonchev–Trinajstić information content (AvgIpc) is 2.88. The fraction of sp³-hybridized carbons (Fsp3) is 0.200. The molecule has 0 saturated carbocycles. The van der Waals surface area contributed by atoms with Gasteiger partial charge in [-0.15, -0.1) is 0 Å². The third kappa shape index (κ3) is 2.50. The van der Waals surface area contributed by atoms with E-state index in [2.05, 4.69) is 22.0 Å². The minimum atomic E-state index is -0.195. The summed E-state index contributed by atoms with van der Waals surface area (Å²) in [7, 11) is 0. The number of ether oxygens (including phenoxy) is 1. The number of hydrogen-bond donors (Lipinski definition) is 1. The van der Waals surface area contributed by atoms with Crippen LogP contribution < -0.4 is 10.5 Å². The van der Waals surface area contributed by atoms with Gasteiger partial charge in [0.2, 0.25) is 0 Å². The summed E-state index contributed by atoms with van der Waals surface area (Å²) in [6.07, 6.45) is 0.951. The van der Waals surface area contributed by atoms with Crippen LogP contribution in [0.2, 0.25) is 5.02 Å². The summed E-state index contributed by atoms with van der Waals surface area (Å²) in [5.74, 6) is 0.973. The van der Waals surface area contributed by atoms with E-state index >= 15 is 0 Å². The van der Waals surface area contributed by atoms with E-state index in [0.717, 1.165) is 34.4 Å². The molecule has 2 nitrogen and oxygen atoms in total. The lowest BCUT2D eigenvalue weighted by Gasteiger charge is -2.15. The quantitative estimate of drug-likeness (QED) is 0.895. The molecule has 4 heteroatoms. The van der Waals surface area contributed by atoms with Gasteiger partial charge in [-0.3, -0.25) is 0 Å². The van der Waals surface area contributed by atoms with Gasteiger partial charge in [0.25, 0.3) is 0 Å². The van der Waals surface area contributed by atoms with Crippen LogP contribution in [0.4, 0.5) is 0 Å². The van der Waals surface area contributed by atoms with Crippen LogP contribution in [0, 0.1) is 0 Å². The van der Waals surface area contributed by atoms with Crippen molar-refractivity contribution in [2.45, 2.75) is 12.5 Å². The molecule has 1 aliphatic heterocycles. The number of benzene rings is 2. The fourth-order valence-electron chi connectivity index (χ4n) is 2.33. The first-order chi connectivity index (χ1) is 9.15. The SMILES string of the molecule is NC(c1ccc2c(c1)CCO2)c1cc(Cl)ccc1Br. The Balaban J connectivity index is 1.99. The van der Waals surface area contributed by atoms with Gasteiger partial charge >= 0.3 is 0 Å². The molecule has 0 bridgehead atoms. The van der Waals surface area contributed by atoms with Crippen molar-refractivity contribution in [1.82, 2.24) is 0 Å². The number of rotatable bonds is 2. The molecular formula is C15H13BrClNO. The molecule has 19 heavy (non-hydrogen) atoms. The topological polar surface area (TPSA) is 35.2 Å². The highest BCUT2D eigenvalue weighted by Gasteiger charge is 2.17. The number of hydrogen-bond acceptors (Lipinski definition) is 2. The second-order valence-corrected chi connectivity index (χ2v) is 5.90. The van der Waals surface area contributed by atoms with Crippen molar-refractivity contribution in [3.05, 3.63) is 62.6 Å². The van der Waals surface area contributed by atoms with Crippen molar-refractivity contribution in [2.24, 2.45) is 5.73 Å². The molecule has 0 fully saturated rings. The van der Waals surface area contributed by atoms with Gasteiger partial charge in [0.15, 0.2) is 0 Å². The van der Waals surface area contributed by atoms with Crippen LogP contribution in [0.5, 0.6) is 5.75 Å². The summed E-state index contributed by atoms with van der Waals surface area (Å²) in [4.78, 5) is 0. The molecule has 1 unspecified atom stereocenters. The zero-order chi connectivity index (χ0) is 13.4. The van der Waals surface area contributed by atoms with Gasteiger partial charge in [-0.05, 0) is 41.0 Å². The Bertz CT molecular complexity index is 630. The molecule has 0 spiro atoms. The summed E-state index contributed by atoms with van der Waals surface area (Å²) in [6.45, 7) is 0.759. The molecule has 1 heterocycles. The van der Waals surface area contributed by atoms with Crippen molar-refractivity contribution < 1.29 is 4.74 Å². The number of fused-ring (bicyclic) bond motifs is 1. The summed E-state index contributed by atoms with van der Waals surface area (Å²) in [5.41, 5.74) is 9.65. The highest BCUT2D eigenvalue weighted by Crippen LogP contribution is 2.33. The molecule has 1 aliphatic rings. The maximum Gasteiger partial charge on any atom is 0.122 e. The third-order valence-corrected chi connectivity index (χ3v) is 4.32. The van der Waals surface area contributed by atoms with E-state index in [0.29, 0.717) is 5.02 Å². The Morgan fingerprint density at radius 3 is 2.89 bits per heavy atom. The molecule has 3 rings (SSSR count). The van der Waals surface area contributed by atoms with Gasteiger partial charge in [0.1, 0.15) is 5.75 Å². The van der Waals surface area contributed by atoms with Crippen LogP contribution in [-0.4, -0.2) is 6.61 Å². The summed E-state index contributed by atoms with van der Waals surface area (Å²) >= 11 is 9.57. The Labute approximate surface area is 125 Å². The van der Waals surface area contributed by atoms with Crippen molar-refractivity contribution in [1.29, 1.82) is 0 Å². The first-order valence-electron chi connectivity index (χ1n) is 6.11. The van der Waals surface area contributed by atoms with Crippen molar-refractivity contribution in [3.8, 4) is 5.75 Å². The van der Waals surface area contributed by atoms with Crippen molar-refractivity contribution in [2.75, 3.05) is 6.61 Å². The van der Waals surface area contributed by atoms with Crippen LogP contribution in [0.3, 0.4) is 0 Å². The zero-order valence-corrected chi connectivity index (χ0v) is 12.5. The van der Waals surface area contributed by atoms with E-state index in [1.54, 1.807) is 0 Å². The number of halogens is 2. The van der Waals surface area contributed by atoms with E-state index in [4.69, 9.17) is 22.1 Å². The van der Waals surface area contributed by atoms with Crippen molar-refractivity contribution >= 4 is 27.5 Å². The molecule has 1 atom stereocenters. The van der Waals surface area contributed by atoms with Gasteiger partial charge in [0, 0.05) is 15.9 Å². The third-order valence-electron chi connectivity index (χ3n) is 3.37. The van der Waals surface area contributed by atoms with E-state index in [1.165, 1.54) is 5.56 Å². The van der Waals surface area contributed by atoms with Crippen molar-refractivity contribution in [3.63, 3.8) is 0 Å². The fourth-order valence-corrected chi connectivity index (χ4v) is 3.01. The van der Waals surface area contributed by atoms with Crippen LogP contribution in [0.1, 0.15) is 22.7 Å². The molecular weight excluding hydrogens is 326 g/mol. The molecule has 0 saturated heterocycles. The molecule has 2 aromatic carbocycles. The van der Waals surface area contributed by atoms with E-state index in [9.17, 15) is 0 Å². The summed E-state index contributed by atoms with van der Waals surface area (Å²) < 4.78 is 6.48. The molecule has 0 amide bonds. The predicted molar refractivity (Wildman–Crippen MR) is 80.8 cm³/mol. The minimum absolute atomic E-state index is 0.195. The normalized spacial score (nSPS) is 14.9. The van der Waals surface area contributed by atoms with E-state index in [1.807, 2.05) is 30.3 Å². The monoisotopic (exact) mass is 337 g/mol. The number of nitrogens with two attached hydrogens (primary N) is 1. The highest BCUT2D eigenvalue weighted by atomic mass is 79.9. The molecule has 0 aliphatic carbocycles. The first-order valence-corrected chi connectivity index (χ1v) is 7.28. The Kier molecular flexibility index (Phi) is 3.52. The highest BCUT2D eigenvalue weighted by molar-refractivity contribution is 9.10. The lowest BCUT2D eigenvalue weighted by atomic mass is 9.97. The molecule has 98 valence electrons. The largest absolute Gasteiger partial charge is 0.493 e. The molecule has 2 aromatic rings. The lowest BCUT2D eigenvalue weighted by Crippen LogP contribution is -2.12. The van der Waals surface area contributed by atoms with Gasteiger partial charge in [-0.25, -0.2) is 0 Å². The van der Waals surface area contributed by atoms with Crippen LogP contribution in [-0.2, 0) is 6.42 Å². The maximum absolute atomic E-state index is 6.35. The standard InChI is InChI=1S/C15H13BrClNO/c16-13-3-2-11(17)8-12(13)15(18)10-1-4-14-9(7-10)5-6-19-14/h1-4,7-8,15H,5-6,18H2. The lowest BCUT2D eigenvalue weighted by molar-refractivity contribution is 0.357. The minimum Gasteiger partial charge on any atom is -0.493 e. The summed E-state index contributed by atoms with van der Waals surface area (Å²) in [6, 6.07) is 11.6. The predicted octanol–water partition coefficient (Wildman–Crippen LogP) is 4.09. The van der Waals surface area contributed by atoms with Gasteiger partial charge in [-0.1, -0.05) is 39.7 Å². The molecule has 2 N–H and O–H groups in total. The first kappa shape index (κ1) is 13.0. The summed E-state index contributed by atoms with van der Waals surface area (Å²) in [5, 5.41) is 0.693. The average molecular weight is 339 g/mol. The second-order valence-electron chi connectivity index (χ2n) is 4.61. The van der Waals surface area contributed by atoms with Gasteiger partial charge in [-0.2, -0.15) is 0 Å². The second kappa shape index (κ2) is 5.16. The molecule has 0 radical (unpaired) electrons. The Morgan fingerprint density at radius 2 is 2.05 bits per heavy atom. The van der Waals surface area contributed by atoms with E-state index in [-0.39, 0.29) is 6.04 Å².